The molecule has 0 spiro atoms. The molecule has 2 aliphatic heterocycles. The number of aromatic nitrogens is 1. The first-order valence-corrected chi connectivity index (χ1v) is 17.7. The molecule has 2 aromatic heterocycles. The number of nitrogens with zero attached hydrogens (tertiary/aromatic N) is 4. The molecule has 0 bridgehead atoms. The molecule has 284 valence electrons. The lowest BCUT2D eigenvalue weighted by atomic mass is 9.71. The van der Waals surface area contributed by atoms with Gasteiger partial charge in [-0.05, 0) is 79.6 Å². The number of carbonyl (C=O) groups is 3. The SMILES string of the molecule is CCC[C@H]1N(C(=O)c2ncccc2C(F)(F)F)CCC[C@@]1(Oc1ccc(C(F)(F)F)s1)C(=O)N1CCC(C#N)(c2cc(F)ccc2CCC(=O)O)CC1. The number of benzene rings is 1. The zero-order valence-corrected chi connectivity index (χ0v) is 29.2. The van der Waals surface area contributed by atoms with Gasteiger partial charge in [0.1, 0.15) is 16.4 Å². The summed E-state index contributed by atoms with van der Waals surface area (Å²) in [4.78, 5) is 45.3. The summed E-state index contributed by atoms with van der Waals surface area (Å²) in [5.74, 6) is -3.60. The van der Waals surface area contributed by atoms with Crippen molar-refractivity contribution in [1.82, 2.24) is 14.8 Å². The zero-order chi connectivity index (χ0) is 38.8. The highest BCUT2D eigenvalue weighted by Gasteiger charge is 2.57. The number of carbonyl (C=O) groups excluding carboxylic acids is 2. The second-order valence-corrected chi connectivity index (χ2v) is 14.1. The molecular formula is C36H35F7N4O5S. The number of halogens is 7. The van der Waals surface area contributed by atoms with Crippen LogP contribution in [0.15, 0.2) is 48.7 Å². The molecule has 2 amide bonds. The number of piperidine rings is 2. The summed E-state index contributed by atoms with van der Waals surface area (Å²) in [5, 5.41) is 19.4. The monoisotopic (exact) mass is 768 g/mol. The molecule has 9 nitrogen and oxygen atoms in total. The number of rotatable bonds is 10. The lowest BCUT2D eigenvalue weighted by molar-refractivity contribution is -0.160. The number of ether oxygens (including phenoxy) is 1. The molecule has 1 N–H and O–H groups in total. The van der Waals surface area contributed by atoms with Gasteiger partial charge in [0, 0.05) is 38.7 Å². The highest BCUT2D eigenvalue weighted by atomic mass is 32.1. The highest BCUT2D eigenvalue weighted by molar-refractivity contribution is 7.13. The maximum Gasteiger partial charge on any atom is 0.425 e. The number of aliphatic carboxylic acids is 1. The normalized spacial score (nSPS) is 20.5. The van der Waals surface area contributed by atoms with Crippen LogP contribution < -0.4 is 4.74 Å². The van der Waals surface area contributed by atoms with Crippen LogP contribution in [0.4, 0.5) is 30.7 Å². The maximum absolute atomic E-state index is 14.9. The molecule has 0 aliphatic carbocycles. The summed E-state index contributed by atoms with van der Waals surface area (Å²) in [5.41, 5.74) is -4.84. The summed E-state index contributed by atoms with van der Waals surface area (Å²) in [6.07, 6.45) is -8.71. The van der Waals surface area contributed by atoms with Crippen LogP contribution in [0.3, 0.4) is 0 Å². The third kappa shape index (κ3) is 8.12. The van der Waals surface area contributed by atoms with Crippen molar-refractivity contribution in [2.24, 2.45) is 0 Å². The fourth-order valence-corrected chi connectivity index (χ4v) is 8.10. The van der Waals surface area contributed by atoms with Crippen LogP contribution >= 0.6 is 11.3 Å². The van der Waals surface area contributed by atoms with Gasteiger partial charge in [0.25, 0.3) is 11.8 Å². The first-order valence-electron chi connectivity index (χ1n) is 16.9. The Hall–Kier alpha value is -4.72. The molecule has 1 aromatic carbocycles. The summed E-state index contributed by atoms with van der Waals surface area (Å²) in [7, 11) is 0. The molecular weight excluding hydrogens is 733 g/mol. The Morgan fingerprint density at radius 2 is 1.75 bits per heavy atom. The van der Waals surface area contributed by atoms with Gasteiger partial charge in [-0.2, -0.15) is 31.6 Å². The number of hydrogen-bond acceptors (Lipinski definition) is 7. The zero-order valence-electron chi connectivity index (χ0n) is 28.4. The third-order valence-electron chi connectivity index (χ3n) is 9.82. The summed E-state index contributed by atoms with van der Waals surface area (Å²) >= 11 is 0.235. The standard InChI is InChI=1S/C36H35F7N4O5S/c1-2-5-26-34(52-29-12-10-27(53-29)36(41,42)43,13-4-17-47(26)31(50)30-24(35(38,39)40)6-3-16-45-30)32(51)46-18-14-33(21-44,15-19-46)25-20-23(37)9-7-22(25)8-11-28(48)49/h3,6-7,9-10,12,16,20,26H,2,4-5,8,11,13-15,17-19H2,1H3,(H,48,49)/t26-,34+/m1/s1. The van der Waals surface area contributed by atoms with Crippen LogP contribution in [0.1, 0.15) is 83.9 Å². The van der Waals surface area contributed by atoms with Crippen molar-refractivity contribution in [2.45, 2.75) is 87.7 Å². The Bertz CT molecular complexity index is 1880. The van der Waals surface area contributed by atoms with Crippen molar-refractivity contribution >= 4 is 29.1 Å². The molecule has 0 saturated carbocycles. The van der Waals surface area contributed by atoms with Gasteiger partial charge in [0.2, 0.25) is 5.60 Å². The number of pyridine rings is 1. The molecule has 0 radical (unpaired) electrons. The maximum atomic E-state index is 14.9. The second-order valence-electron chi connectivity index (χ2n) is 13.1. The van der Waals surface area contributed by atoms with Gasteiger partial charge in [-0.25, -0.2) is 4.39 Å². The Kier molecular flexibility index (Phi) is 11.4. The molecule has 5 rings (SSSR count). The number of aryl methyl sites for hydroxylation is 1. The van der Waals surface area contributed by atoms with Gasteiger partial charge in [0.15, 0.2) is 5.06 Å². The van der Waals surface area contributed by atoms with E-state index in [4.69, 9.17) is 4.74 Å². The van der Waals surface area contributed by atoms with Crippen LogP contribution in [-0.4, -0.2) is 69.0 Å². The Balaban J connectivity index is 1.54. The van der Waals surface area contributed by atoms with Crippen LogP contribution in [-0.2, 0) is 33.8 Å². The van der Waals surface area contributed by atoms with Crippen molar-refractivity contribution in [3.05, 3.63) is 81.7 Å². The highest BCUT2D eigenvalue weighted by Crippen LogP contribution is 2.45. The Labute approximate surface area is 304 Å². The van der Waals surface area contributed by atoms with Crippen molar-refractivity contribution in [3.63, 3.8) is 0 Å². The fraction of sp³-hybridized carbons (Fsp3) is 0.472. The Morgan fingerprint density at radius 3 is 2.36 bits per heavy atom. The fourth-order valence-electron chi connectivity index (χ4n) is 7.31. The van der Waals surface area contributed by atoms with E-state index in [1.54, 1.807) is 6.92 Å². The van der Waals surface area contributed by atoms with E-state index in [-0.39, 0.29) is 86.5 Å². The predicted molar refractivity (Wildman–Crippen MR) is 176 cm³/mol. The van der Waals surface area contributed by atoms with Gasteiger partial charge in [-0.15, -0.1) is 0 Å². The smallest absolute Gasteiger partial charge is 0.425 e. The molecule has 53 heavy (non-hydrogen) atoms. The quantitative estimate of drug-likeness (QED) is 0.210. The molecule has 2 saturated heterocycles. The lowest BCUT2D eigenvalue weighted by Gasteiger charge is -2.50. The number of hydrogen-bond donors (Lipinski definition) is 1. The van der Waals surface area contributed by atoms with Crippen LogP contribution in [0.2, 0.25) is 0 Å². The largest absolute Gasteiger partial charge is 0.481 e. The van der Waals surface area contributed by atoms with Crippen LogP contribution in [0.25, 0.3) is 0 Å². The minimum Gasteiger partial charge on any atom is -0.481 e. The second kappa shape index (κ2) is 15.3. The molecule has 2 fully saturated rings. The predicted octanol–water partition coefficient (Wildman–Crippen LogP) is 7.64. The number of carboxylic acids is 1. The van der Waals surface area contributed by atoms with Crippen molar-refractivity contribution in [3.8, 4) is 11.1 Å². The average molecular weight is 769 g/mol. The van der Waals surface area contributed by atoms with Crippen LogP contribution in [0.5, 0.6) is 5.06 Å². The van der Waals surface area contributed by atoms with E-state index in [0.717, 1.165) is 35.4 Å². The number of nitriles is 1. The minimum absolute atomic E-state index is 0.0174. The third-order valence-corrected chi connectivity index (χ3v) is 10.8. The van der Waals surface area contributed by atoms with Crippen molar-refractivity contribution < 1.29 is 55.0 Å². The van der Waals surface area contributed by atoms with Crippen LogP contribution in [0, 0.1) is 17.1 Å². The summed E-state index contributed by atoms with van der Waals surface area (Å²) in [6.45, 7) is 1.39. The van der Waals surface area contributed by atoms with E-state index in [9.17, 15) is 55.5 Å². The molecule has 2 atom stereocenters. The van der Waals surface area contributed by atoms with Gasteiger partial charge < -0.3 is 19.6 Å². The molecule has 4 heterocycles. The van der Waals surface area contributed by atoms with E-state index in [2.05, 4.69) is 11.1 Å². The van der Waals surface area contributed by atoms with E-state index in [1.807, 2.05) is 0 Å². The number of alkyl halides is 6. The van der Waals surface area contributed by atoms with Gasteiger partial charge in [-0.3, -0.25) is 19.4 Å². The van der Waals surface area contributed by atoms with Crippen molar-refractivity contribution in [2.75, 3.05) is 19.6 Å². The van der Waals surface area contributed by atoms with Gasteiger partial charge >= 0.3 is 18.3 Å². The Morgan fingerprint density at radius 1 is 1.04 bits per heavy atom. The minimum atomic E-state index is -4.94. The molecule has 17 heteroatoms. The average Bonchev–Trinajstić information content (AvgIpc) is 3.60. The number of likely N-dealkylation sites (tertiary alicyclic amines) is 2. The number of amides is 2. The van der Waals surface area contributed by atoms with E-state index in [0.29, 0.717) is 18.1 Å². The summed E-state index contributed by atoms with van der Waals surface area (Å²) in [6, 6.07) is 8.31. The number of carboxylic acid groups (broad SMARTS) is 1. The molecule has 2 aliphatic rings. The van der Waals surface area contributed by atoms with Gasteiger partial charge in [-0.1, -0.05) is 30.7 Å². The van der Waals surface area contributed by atoms with E-state index >= 15 is 0 Å². The number of thiophene rings is 1. The van der Waals surface area contributed by atoms with E-state index < -0.39 is 69.1 Å². The molecule has 3 aromatic rings. The first-order chi connectivity index (χ1) is 25.0. The molecule has 0 unspecified atom stereocenters. The first kappa shape index (κ1) is 39.5. The van der Waals surface area contributed by atoms with Gasteiger partial charge in [0.05, 0.1) is 23.1 Å². The van der Waals surface area contributed by atoms with E-state index in [1.165, 1.54) is 17.0 Å². The summed E-state index contributed by atoms with van der Waals surface area (Å²) < 4.78 is 104. The lowest BCUT2D eigenvalue weighted by Crippen LogP contribution is -2.68. The van der Waals surface area contributed by atoms with Crippen molar-refractivity contribution in [1.29, 1.82) is 5.26 Å². The topological polar surface area (TPSA) is 124 Å².